The van der Waals surface area contributed by atoms with Gasteiger partial charge in [0.15, 0.2) is 17.3 Å². The molecular formula is C20H29N6O5P. The van der Waals surface area contributed by atoms with Crippen molar-refractivity contribution in [2.45, 2.75) is 45.6 Å². The number of rotatable bonds is 11. The Bertz CT molecular complexity index is 1130. The summed E-state index contributed by atoms with van der Waals surface area (Å²) in [5, 5.41) is 10.9. The average Bonchev–Trinajstić information content (AvgIpc) is 3.13. The van der Waals surface area contributed by atoms with Crippen LogP contribution in [0.4, 0.5) is 11.5 Å². The molecular weight excluding hydrogens is 435 g/mol. The van der Waals surface area contributed by atoms with Crippen LogP contribution in [0.2, 0.25) is 0 Å². The third kappa shape index (κ3) is 5.74. The van der Waals surface area contributed by atoms with E-state index in [9.17, 15) is 9.67 Å². The summed E-state index contributed by atoms with van der Waals surface area (Å²) in [5.74, 6) is 0.349. The van der Waals surface area contributed by atoms with Crippen LogP contribution in [-0.4, -0.2) is 47.4 Å². The lowest BCUT2D eigenvalue weighted by Crippen LogP contribution is -2.08. The molecule has 12 heteroatoms. The van der Waals surface area contributed by atoms with Crippen LogP contribution in [0.3, 0.4) is 0 Å². The fraction of sp³-hybridized carbons (Fsp3) is 0.450. The quantitative estimate of drug-likeness (QED) is 0.161. The highest BCUT2D eigenvalue weighted by molar-refractivity contribution is 7.51. The largest absolute Gasteiger partial charge is 0.507 e. The number of unbranched alkanes of at least 4 members (excludes halogenated alkanes) is 3. The Morgan fingerprint density at radius 2 is 1.94 bits per heavy atom. The number of nitrogen functional groups attached to an aromatic ring is 2. The van der Waals surface area contributed by atoms with E-state index in [0.717, 1.165) is 31.2 Å². The van der Waals surface area contributed by atoms with Crippen LogP contribution >= 0.6 is 7.60 Å². The van der Waals surface area contributed by atoms with Crippen LogP contribution in [0, 0.1) is 0 Å². The second-order valence-electron chi connectivity index (χ2n) is 7.59. The molecule has 11 nitrogen and oxygen atoms in total. The van der Waals surface area contributed by atoms with Gasteiger partial charge in [0.05, 0.1) is 18.5 Å². The molecule has 3 aromatic rings. The molecule has 0 amide bonds. The molecule has 0 fully saturated rings. The smallest absolute Gasteiger partial charge is 0.350 e. The first-order chi connectivity index (χ1) is 15.2. The highest BCUT2D eigenvalue weighted by Crippen LogP contribution is 2.37. The van der Waals surface area contributed by atoms with E-state index < -0.39 is 13.9 Å². The van der Waals surface area contributed by atoms with E-state index in [1.54, 1.807) is 10.6 Å². The molecule has 0 bridgehead atoms. The van der Waals surface area contributed by atoms with E-state index in [4.69, 9.17) is 26.0 Å². The van der Waals surface area contributed by atoms with E-state index in [0.29, 0.717) is 28.8 Å². The van der Waals surface area contributed by atoms with E-state index in [2.05, 4.69) is 21.9 Å². The standard InChI is InChI=1S/C20H29N6O5P/c1-2-3-4-5-6-13-7-8-14(21)15(17(13)27)19-24-18(22)16-20(25-19)26(11-23-16)9-10-31-12-32(28,29)30/h7-8,11,27H,2-6,9-10,12,21H2,1H3,(H2,22,24,25)(H2,28,29,30). The summed E-state index contributed by atoms with van der Waals surface area (Å²) in [6.07, 6.45) is 5.84. The number of fused-ring (bicyclic) bond motifs is 1. The maximum Gasteiger partial charge on any atom is 0.350 e. The third-order valence-corrected chi connectivity index (χ3v) is 5.56. The summed E-state index contributed by atoms with van der Waals surface area (Å²) >= 11 is 0. The van der Waals surface area contributed by atoms with Crippen molar-refractivity contribution in [3.8, 4) is 17.1 Å². The zero-order valence-electron chi connectivity index (χ0n) is 17.9. The lowest BCUT2D eigenvalue weighted by atomic mass is 10.0. The molecule has 0 radical (unpaired) electrons. The number of aryl methyl sites for hydroxylation is 1. The molecule has 32 heavy (non-hydrogen) atoms. The maximum atomic E-state index is 10.9. The van der Waals surface area contributed by atoms with Gasteiger partial charge < -0.3 is 35.7 Å². The molecule has 0 aliphatic rings. The lowest BCUT2D eigenvalue weighted by Gasteiger charge is -2.13. The minimum atomic E-state index is -4.24. The molecule has 2 aromatic heterocycles. The van der Waals surface area contributed by atoms with Gasteiger partial charge in [0.1, 0.15) is 17.6 Å². The number of aromatic nitrogens is 4. The fourth-order valence-corrected chi connectivity index (χ4v) is 3.78. The molecule has 7 N–H and O–H groups in total. The highest BCUT2D eigenvalue weighted by atomic mass is 31.2. The summed E-state index contributed by atoms with van der Waals surface area (Å²) in [6, 6.07) is 3.53. The number of imidazole rings is 1. The van der Waals surface area contributed by atoms with Gasteiger partial charge in [0.2, 0.25) is 0 Å². The molecule has 1 aromatic carbocycles. The Morgan fingerprint density at radius 1 is 1.16 bits per heavy atom. The van der Waals surface area contributed by atoms with Crippen LogP contribution in [-0.2, 0) is 22.3 Å². The second-order valence-corrected chi connectivity index (χ2v) is 9.18. The van der Waals surface area contributed by atoms with Gasteiger partial charge in [-0.1, -0.05) is 32.3 Å². The van der Waals surface area contributed by atoms with Crippen LogP contribution in [0.5, 0.6) is 5.75 Å². The van der Waals surface area contributed by atoms with E-state index >= 15 is 0 Å². The van der Waals surface area contributed by atoms with Gasteiger partial charge >= 0.3 is 7.60 Å². The number of hydrogen-bond acceptors (Lipinski definition) is 8. The van der Waals surface area contributed by atoms with Crippen molar-refractivity contribution in [2.24, 2.45) is 0 Å². The Labute approximate surface area is 185 Å². The first-order valence-electron chi connectivity index (χ1n) is 10.4. The number of aromatic hydroxyl groups is 1. The van der Waals surface area contributed by atoms with E-state index in [-0.39, 0.29) is 30.5 Å². The lowest BCUT2D eigenvalue weighted by molar-refractivity contribution is 0.149. The van der Waals surface area contributed by atoms with Crippen LogP contribution in [0.1, 0.15) is 38.2 Å². The second kappa shape index (κ2) is 10.3. The minimum absolute atomic E-state index is 0.0381. The monoisotopic (exact) mass is 464 g/mol. The molecule has 0 atom stereocenters. The first-order valence-corrected chi connectivity index (χ1v) is 12.2. The van der Waals surface area contributed by atoms with E-state index in [1.165, 1.54) is 6.33 Å². The van der Waals surface area contributed by atoms with Gasteiger partial charge in [-0.3, -0.25) is 4.57 Å². The molecule has 0 unspecified atom stereocenters. The van der Waals surface area contributed by atoms with Gasteiger partial charge in [-0.15, -0.1) is 0 Å². The van der Waals surface area contributed by atoms with Gasteiger partial charge in [-0.25, -0.2) is 15.0 Å². The number of benzene rings is 1. The number of hydrogen-bond donors (Lipinski definition) is 5. The van der Waals surface area contributed by atoms with E-state index in [1.807, 2.05) is 6.07 Å². The van der Waals surface area contributed by atoms with Crippen molar-refractivity contribution >= 4 is 30.3 Å². The van der Waals surface area contributed by atoms with Gasteiger partial charge in [-0.2, -0.15) is 0 Å². The fourth-order valence-electron chi connectivity index (χ4n) is 3.42. The Hall–Kier alpha value is -2.72. The number of nitrogens with zero attached hydrogens (tertiary/aromatic N) is 4. The Morgan fingerprint density at radius 3 is 2.66 bits per heavy atom. The molecule has 0 saturated carbocycles. The van der Waals surface area contributed by atoms with Crippen molar-refractivity contribution in [2.75, 3.05) is 24.4 Å². The molecule has 0 saturated heterocycles. The van der Waals surface area contributed by atoms with Crippen molar-refractivity contribution < 1.29 is 24.2 Å². The molecule has 174 valence electrons. The minimum Gasteiger partial charge on any atom is -0.507 e. The average molecular weight is 464 g/mol. The first kappa shape index (κ1) is 23.9. The summed E-state index contributed by atoms with van der Waals surface area (Å²) in [5.41, 5.74) is 14.4. The van der Waals surface area contributed by atoms with Crippen molar-refractivity contribution in [1.29, 1.82) is 0 Å². The summed E-state index contributed by atoms with van der Waals surface area (Å²) in [6.45, 7) is 2.42. The third-order valence-electron chi connectivity index (χ3n) is 5.04. The number of nitrogens with two attached hydrogens (primary N) is 2. The van der Waals surface area contributed by atoms with Crippen molar-refractivity contribution in [3.63, 3.8) is 0 Å². The topological polar surface area (TPSA) is 183 Å². The van der Waals surface area contributed by atoms with Crippen LogP contribution in [0.25, 0.3) is 22.6 Å². The predicted octanol–water partition coefficient (Wildman–Crippen LogP) is 2.64. The Balaban J connectivity index is 1.89. The zero-order chi connectivity index (χ0) is 23.3. The number of ether oxygens (including phenoxy) is 1. The Kier molecular flexibility index (Phi) is 7.68. The van der Waals surface area contributed by atoms with Crippen LogP contribution < -0.4 is 11.5 Å². The predicted molar refractivity (Wildman–Crippen MR) is 122 cm³/mol. The SMILES string of the molecule is CCCCCCc1ccc(N)c(-c2nc(N)c3ncn(CCOCP(=O)(O)O)c3n2)c1O. The highest BCUT2D eigenvalue weighted by Gasteiger charge is 2.19. The zero-order valence-corrected chi connectivity index (χ0v) is 18.8. The van der Waals surface area contributed by atoms with Gasteiger partial charge in [-0.05, 0) is 24.5 Å². The number of phenolic OH excluding ortho intramolecular Hbond substituents is 1. The molecule has 2 heterocycles. The maximum absolute atomic E-state index is 10.9. The summed E-state index contributed by atoms with van der Waals surface area (Å²) in [7, 11) is -4.24. The van der Waals surface area contributed by atoms with Crippen molar-refractivity contribution in [3.05, 3.63) is 24.0 Å². The molecule has 0 aliphatic heterocycles. The van der Waals surface area contributed by atoms with Crippen molar-refractivity contribution in [1.82, 2.24) is 19.5 Å². The van der Waals surface area contributed by atoms with Gasteiger partial charge in [0, 0.05) is 12.2 Å². The molecule has 0 aliphatic carbocycles. The molecule has 3 rings (SSSR count). The summed E-state index contributed by atoms with van der Waals surface area (Å²) < 4.78 is 17.6. The normalized spacial score (nSPS) is 12.0. The van der Waals surface area contributed by atoms with Crippen LogP contribution in [0.15, 0.2) is 18.5 Å². The number of anilines is 2. The molecule has 0 spiro atoms. The van der Waals surface area contributed by atoms with Gasteiger partial charge in [0.25, 0.3) is 0 Å². The summed E-state index contributed by atoms with van der Waals surface area (Å²) in [4.78, 5) is 30.8. The number of phenols is 1.